The second-order valence-corrected chi connectivity index (χ2v) is 8.19. The van der Waals surface area contributed by atoms with Crippen LogP contribution in [0.5, 0.6) is 0 Å². The Labute approximate surface area is 161 Å². The average molecular weight is 369 g/mol. The van der Waals surface area contributed by atoms with Crippen molar-refractivity contribution in [3.8, 4) is 0 Å². The molecule has 6 atom stereocenters. The minimum absolute atomic E-state index is 0.226. The molecule has 0 aromatic heterocycles. The molecule has 2 aliphatic rings. The van der Waals surface area contributed by atoms with Gasteiger partial charge in [-0.05, 0) is 45.7 Å². The van der Waals surface area contributed by atoms with Crippen LogP contribution in [-0.2, 0) is 0 Å². The lowest BCUT2D eigenvalue weighted by Gasteiger charge is -2.18. The summed E-state index contributed by atoms with van der Waals surface area (Å²) in [5, 5.41) is 26.9. The Kier molecular flexibility index (Phi) is 12.4. The number of aliphatic hydroxyl groups is 2. The fourth-order valence-electron chi connectivity index (χ4n) is 4.43. The molecule has 0 spiro atoms. The van der Waals surface area contributed by atoms with Gasteiger partial charge in [0.25, 0.3) is 0 Å². The van der Waals surface area contributed by atoms with Crippen molar-refractivity contribution in [1.82, 2.24) is 10.6 Å². The highest BCUT2D eigenvalue weighted by atomic mass is 16.3. The minimum Gasteiger partial charge on any atom is -0.392 e. The van der Waals surface area contributed by atoms with Gasteiger partial charge < -0.3 is 20.8 Å². The number of rotatable bonds is 10. The van der Waals surface area contributed by atoms with E-state index < -0.39 is 0 Å². The molecular weight excluding hydrogens is 324 g/mol. The van der Waals surface area contributed by atoms with Gasteiger partial charge >= 0.3 is 0 Å². The van der Waals surface area contributed by atoms with E-state index in [1.165, 1.54) is 44.9 Å². The van der Waals surface area contributed by atoms with Gasteiger partial charge in [-0.3, -0.25) is 0 Å². The first kappa shape index (κ1) is 23.6. The van der Waals surface area contributed by atoms with E-state index in [9.17, 15) is 10.2 Å². The second kappa shape index (κ2) is 13.7. The van der Waals surface area contributed by atoms with Crippen LogP contribution in [0.25, 0.3) is 0 Å². The first-order valence-corrected chi connectivity index (χ1v) is 11.0. The van der Waals surface area contributed by atoms with Crippen LogP contribution >= 0.6 is 0 Å². The van der Waals surface area contributed by atoms with E-state index in [1.54, 1.807) is 0 Å². The molecule has 26 heavy (non-hydrogen) atoms. The molecule has 2 rings (SSSR count). The van der Waals surface area contributed by atoms with Crippen LogP contribution in [0.1, 0.15) is 78.1 Å². The molecule has 1 aliphatic heterocycles. The maximum atomic E-state index is 10.3. The Morgan fingerprint density at radius 2 is 1.73 bits per heavy atom. The standard InChI is InChI=1S/C20H37NO2.C2H7N/c1-3-5-7-9-15-13-18-17(20(23)14-19(18)21-15)12-11-16(22)10-8-6-4-2;1-3-2/h11-12,15-23H,3-10,13-14H2,1-2H3;3H,1-2H3/t15-,16-,17+,18+,19-,20+;/m0./s1. The van der Waals surface area contributed by atoms with E-state index in [0.29, 0.717) is 18.0 Å². The van der Waals surface area contributed by atoms with Crippen molar-refractivity contribution in [3.05, 3.63) is 12.2 Å². The van der Waals surface area contributed by atoms with Crippen LogP contribution in [0.2, 0.25) is 0 Å². The topological polar surface area (TPSA) is 64.5 Å². The number of hydrogen-bond donors (Lipinski definition) is 4. The van der Waals surface area contributed by atoms with Crippen LogP contribution in [0.4, 0.5) is 0 Å². The summed E-state index contributed by atoms with van der Waals surface area (Å²) >= 11 is 0. The molecule has 4 N–H and O–H groups in total. The van der Waals surface area contributed by atoms with Crippen molar-refractivity contribution in [1.29, 1.82) is 0 Å². The number of unbranched alkanes of at least 4 members (excludes halogenated alkanes) is 4. The highest BCUT2D eigenvalue weighted by molar-refractivity contribution is 5.09. The molecule has 2 fully saturated rings. The fourth-order valence-corrected chi connectivity index (χ4v) is 4.43. The fraction of sp³-hybridized carbons (Fsp3) is 0.909. The Morgan fingerprint density at radius 3 is 2.38 bits per heavy atom. The summed E-state index contributed by atoms with van der Waals surface area (Å²) in [5.74, 6) is 0.778. The molecule has 0 bridgehead atoms. The van der Waals surface area contributed by atoms with E-state index in [1.807, 2.05) is 20.2 Å². The summed E-state index contributed by atoms with van der Waals surface area (Å²) in [6, 6.07) is 1.11. The van der Waals surface area contributed by atoms with Gasteiger partial charge in [-0.1, -0.05) is 64.5 Å². The van der Waals surface area contributed by atoms with Gasteiger partial charge in [0.2, 0.25) is 0 Å². The molecule has 1 aliphatic carbocycles. The highest BCUT2D eigenvalue weighted by Crippen LogP contribution is 2.41. The second-order valence-electron chi connectivity index (χ2n) is 8.19. The van der Waals surface area contributed by atoms with Gasteiger partial charge in [0.1, 0.15) is 0 Å². The lowest BCUT2D eigenvalue weighted by atomic mass is 9.89. The first-order chi connectivity index (χ1) is 12.6. The van der Waals surface area contributed by atoms with E-state index in [2.05, 4.69) is 30.6 Å². The number of hydrogen-bond acceptors (Lipinski definition) is 4. The zero-order valence-electron chi connectivity index (χ0n) is 17.6. The molecule has 0 radical (unpaired) electrons. The van der Waals surface area contributed by atoms with Gasteiger partial charge in [-0.25, -0.2) is 0 Å². The first-order valence-electron chi connectivity index (χ1n) is 11.0. The van der Waals surface area contributed by atoms with Crippen LogP contribution < -0.4 is 10.6 Å². The van der Waals surface area contributed by atoms with Crippen LogP contribution in [0.3, 0.4) is 0 Å². The third kappa shape index (κ3) is 8.08. The average Bonchev–Trinajstić information content (AvgIpc) is 3.11. The SMILES string of the molecule is CCCCC[C@H]1C[C@@H]2[C@@H](C=C[C@@H](O)CCCCC)[C@H](O)C[C@@H]2N1.CNC. The number of nitrogens with one attached hydrogen (secondary N) is 2. The molecule has 154 valence electrons. The molecule has 0 amide bonds. The predicted molar refractivity (Wildman–Crippen MR) is 111 cm³/mol. The summed E-state index contributed by atoms with van der Waals surface area (Å²) in [6.07, 6.45) is 15.0. The molecule has 4 nitrogen and oxygen atoms in total. The molecular formula is C22H44N2O2. The summed E-state index contributed by atoms with van der Waals surface area (Å²) in [5.41, 5.74) is 0. The molecule has 4 heteroatoms. The summed E-state index contributed by atoms with van der Waals surface area (Å²) in [7, 11) is 3.75. The van der Waals surface area contributed by atoms with Crippen molar-refractivity contribution in [2.75, 3.05) is 14.1 Å². The predicted octanol–water partition coefficient (Wildman–Crippen LogP) is 3.63. The molecule has 0 aromatic rings. The van der Waals surface area contributed by atoms with E-state index in [-0.39, 0.29) is 18.1 Å². The van der Waals surface area contributed by atoms with E-state index in [4.69, 9.17) is 0 Å². The third-order valence-corrected chi connectivity index (χ3v) is 5.77. The summed E-state index contributed by atoms with van der Waals surface area (Å²) in [6.45, 7) is 4.43. The van der Waals surface area contributed by atoms with Gasteiger partial charge in [0.15, 0.2) is 0 Å². The normalized spacial score (nSPS) is 31.7. The van der Waals surface area contributed by atoms with Crippen molar-refractivity contribution in [3.63, 3.8) is 0 Å². The number of aliphatic hydroxyl groups excluding tert-OH is 2. The van der Waals surface area contributed by atoms with Crippen LogP contribution in [0.15, 0.2) is 12.2 Å². The molecule has 1 saturated carbocycles. The van der Waals surface area contributed by atoms with Crippen LogP contribution in [0, 0.1) is 11.8 Å². The molecule has 0 aromatic carbocycles. The lowest BCUT2D eigenvalue weighted by molar-refractivity contribution is 0.135. The van der Waals surface area contributed by atoms with Crippen molar-refractivity contribution < 1.29 is 10.2 Å². The van der Waals surface area contributed by atoms with Crippen LogP contribution in [-0.4, -0.2) is 48.6 Å². The van der Waals surface area contributed by atoms with Gasteiger partial charge in [0.05, 0.1) is 12.2 Å². The minimum atomic E-state index is -0.345. The molecule has 1 saturated heterocycles. The highest BCUT2D eigenvalue weighted by Gasteiger charge is 2.46. The van der Waals surface area contributed by atoms with Gasteiger partial charge in [-0.2, -0.15) is 0 Å². The maximum absolute atomic E-state index is 10.3. The van der Waals surface area contributed by atoms with Crippen molar-refractivity contribution in [2.24, 2.45) is 11.8 Å². The molecule has 0 unspecified atom stereocenters. The third-order valence-electron chi connectivity index (χ3n) is 5.77. The Bertz CT molecular complexity index is 375. The van der Waals surface area contributed by atoms with E-state index >= 15 is 0 Å². The van der Waals surface area contributed by atoms with Gasteiger partial charge in [0, 0.05) is 18.0 Å². The zero-order chi connectivity index (χ0) is 19.4. The quantitative estimate of drug-likeness (QED) is 0.351. The van der Waals surface area contributed by atoms with Crippen molar-refractivity contribution in [2.45, 2.75) is 102 Å². The Balaban J connectivity index is 0.00000105. The Morgan fingerprint density at radius 1 is 1.08 bits per heavy atom. The van der Waals surface area contributed by atoms with Crippen molar-refractivity contribution >= 4 is 0 Å². The Hall–Kier alpha value is -0.420. The summed E-state index contributed by atoms with van der Waals surface area (Å²) in [4.78, 5) is 0. The smallest absolute Gasteiger partial charge is 0.0721 e. The van der Waals surface area contributed by atoms with Gasteiger partial charge in [-0.15, -0.1) is 0 Å². The largest absolute Gasteiger partial charge is 0.392 e. The molecule has 1 heterocycles. The summed E-state index contributed by atoms with van der Waals surface area (Å²) < 4.78 is 0. The maximum Gasteiger partial charge on any atom is 0.0721 e. The van der Waals surface area contributed by atoms with E-state index in [0.717, 1.165) is 19.3 Å². The number of fused-ring (bicyclic) bond motifs is 1. The monoisotopic (exact) mass is 368 g/mol. The zero-order valence-corrected chi connectivity index (χ0v) is 17.6. The lowest BCUT2D eigenvalue weighted by Crippen LogP contribution is -2.30.